The molecule has 7 nitrogen and oxygen atoms in total. The molecule has 7 heteroatoms. The first-order valence-electron chi connectivity index (χ1n) is 13.6. The van der Waals surface area contributed by atoms with E-state index in [0.29, 0.717) is 26.3 Å². The summed E-state index contributed by atoms with van der Waals surface area (Å²) in [5.41, 5.74) is 5.63. The van der Waals surface area contributed by atoms with Crippen molar-refractivity contribution in [3.63, 3.8) is 0 Å². The molecule has 5 rings (SSSR count). The minimum atomic E-state index is -0.530. The third-order valence-corrected chi connectivity index (χ3v) is 7.16. The summed E-state index contributed by atoms with van der Waals surface area (Å²) >= 11 is 0. The number of hydrogen-bond acceptors (Lipinski definition) is 5. The third kappa shape index (κ3) is 6.50. The van der Waals surface area contributed by atoms with Crippen molar-refractivity contribution in [2.24, 2.45) is 0 Å². The Balaban J connectivity index is 1.21. The van der Waals surface area contributed by atoms with Crippen LogP contribution < -0.4 is 4.74 Å². The van der Waals surface area contributed by atoms with Gasteiger partial charge in [0.05, 0.1) is 31.5 Å². The average Bonchev–Trinajstić information content (AvgIpc) is 3.43. The molecule has 1 atom stereocenters. The summed E-state index contributed by atoms with van der Waals surface area (Å²) in [6.45, 7) is 8.49. The van der Waals surface area contributed by atoms with Gasteiger partial charge in [-0.15, -0.1) is 0 Å². The molecule has 0 radical (unpaired) electrons. The van der Waals surface area contributed by atoms with E-state index in [1.54, 1.807) is 7.11 Å². The molecule has 5 aromatic rings. The van der Waals surface area contributed by atoms with E-state index in [1.807, 2.05) is 23.7 Å². The maximum Gasteiger partial charge on any atom is 0.119 e. The molecule has 2 aromatic heterocycles. The molecule has 0 bridgehead atoms. The van der Waals surface area contributed by atoms with E-state index in [-0.39, 0.29) is 0 Å². The summed E-state index contributed by atoms with van der Waals surface area (Å²) in [5.74, 6) is 0.843. The highest BCUT2D eigenvalue weighted by Gasteiger charge is 2.17. The van der Waals surface area contributed by atoms with Crippen LogP contribution in [0.15, 0.2) is 78.9 Å². The monoisotopic (exact) mass is 526 g/mol. The van der Waals surface area contributed by atoms with Crippen molar-refractivity contribution in [1.29, 1.82) is 0 Å². The number of para-hydroxylation sites is 2. The number of aromatic nitrogens is 3. The van der Waals surface area contributed by atoms with Crippen LogP contribution in [0.2, 0.25) is 0 Å². The van der Waals surface area contributed by atoms with Crippen molar-refractivity contribution in [3.8, 4) is 5.75 Å². The second kappa shape index (κ2) is 12.5. The van der Waals surface area contributed by atoms with Crippen molar-refractivity contribution in [3.05, 3.63) is 95.8 Å². The van der Waals surface area contributed by atoms with Gasteiger partial charge in [-0.05, 0) is 49.7 Å². The molecule has 39 heavy (non-hydrogen) atoms. The van der Waals surface area contributed by atoms with E-state index in [4.69, 9.17) is 9.47 Å². The summed E-state index contributed by atoms with van der Waals surface area (Å²) in [6.07, 6.45) is -0.530. The number of hydrogen-bond donors (Lipinski definition) is 1. The number of fused-ring (bicyclic) bond motifs is 3. The molecule has 3 aromatic carbocycles. The molecule has 0 spiro atoms. The van der Waals surface area contributed by atoms with E-state index in [9.17, 15) is 5.11 Å². The van der Waals surface area contributed by atoms with Gasteiger partial charge in [0.2, 0.25) is 0 Å². The molecular weight excluding hydrogens is 488 g/mol. The third-order valence-electron chi connectivity index (χ3n) is 7.16. The number of methoxy groups -OCH3 is 1. The van der Waals surface area contributed by atoms with Gasteiger partial charge in [0.25, 0.3) is 0 Å². The molecule has 204 valence electrons. The van der Waals surface area contributed by atoms with Crippen molar-refractivity contribution in [2.45, 2.75) is 39.6 Å². The minimum absolute atomic E-state index is 0.527. The van der Waals surface area contributed by atoms with E-state index in [0.717, 1.165) is 47.8 Å². The summed E-state index contributed by atoms with van der Waals surface area (Å²) < 4.78 is 15.5. The lowest BCUT2D eigenvalue weighted by molar-refractivity contribution is 0.0768. The van der Waals surface area contributed by atoms with Gasteiger partial charge >= 0.3 is 0 Å². The van der Waals surface area contributed by atoms with Gasteiger partial charge in [-0.3, -0.25) is 9.58 Å². The summed E-state index contributed by atoms with van der Waals surface area (Å²) in [5, 5.41) is 18.1. The Labute approximate surface area is 230 Å². The number of nitrogens with zero attached hydrogens (tertiary/aromatic N) is 4. The van der Waals surface area contributed by atoms with Crippen LogP contribution in [0.25, 0.3) is 21.8 Å². The lowest BCUT2D eigenvalue weighted by Crippen LogP contribution is -2.36. The molecule has 0 aliphatic carbocycles. The van der Waals surface area contributed by atoms with Crippen LogP contribution in [-0.4, -0.2) is 63.9 Å². The first kappa shape index (κ1) is 26.9. The summed E-state index contributed by atoms with van der Waals surface area (Å²) in [4.78, 5) is 2.25. The molecular formula is C32H38N4O3. The Morgan fingerprint density at radius 2 is 1.56 bits per heavy atom. The fraction of sp³-hybridized carbons (Fsp3) is 0.344. The van der Waals surface area contributed by atoms with Crippen molar-refractivity contribution < 1.29 is 14.6 Å². The number of ether oxygens (including phenoxy) is 2. The standard InChI is InChI=1S/C32H38N4O3/c1-24-20-25(2)36(33-24)17-19-39-28-14-12-26(13-15-28)21-34(16-18-38-3)22-27(37)23-35-31-10-6-4-8-29(31)30-9-5-7-11-32(30)35/h4-15,20,27,37H,16-19,21-23H2,1-3H3/t27-/m1/s1. The number of aliphatic hydroxyl groups is 1. The molecule has 1 N–H and O–H groups in total. The maximum atomic E-state index is 11.2. The van der Waals surface area contributed by atoms with Crippen LogP contribution in [0.3, 0.4) is 0 Å². The Morgan fingerprint density at radius 3 is 2.18 bits per heavy atom. The molecule has 0 aliphatic heterocycles. The first-order valence-corrected chi connectivity index (χ1v) is 13.6. The second-order valence-electron chi connectivity index (χ2n) is 10.2. The van der Waals surface area contributed by atoms with Gasteiger partial charge in [-0.1, -0.05) is 48.5 Å². The largest absolute Gasteiger partial charge is 0.492 e. The number of aliphatic hydroxyl groups excluding tert-OH is 1. The Kier molecular flexibility index (Phi) is 8.61. The SMILES string of the molecule is COCCN(Cc1ccc(OCCn2nc(C)cc2C)cc1)C[C@@H](O)Cn1c2ccccc2c2ccccc21. The minimum Gasteiger partial charge on any atom is -0.492 e. The normalized spacial score (nSPS) is 12.5. The van der Waals surface area contributed by atoms with Gasteiger partial charge in [-0.25, -0.2) is 0 Å². The molecule has 0 unspecified atom stereocenters. The number of rotatable bonds is 13. The Morgan fingerprint density at radius 1 is 0.897 bits per heavy atom. The predicted molar refractivity (Wildman–Crippen MR) is 156 cm³/mol. The van der Waals surface area contributed by atoms with Crippen molar-refractivity contribution >= 4 is 21.8 Å². The van der Waals surface area contributed by atoms with E-state index in [1.165, 1.54) is 16.3 Å². The van der Waals surface area contributed by atoms with Gasteiger partial charge in [0.15, 0.2) is 0 Å². The smallest absolute Gasteiger partial charge is 0.119 e. The van der Waals surface area contributed by atoms with Gasteiger partial charge < -0.3 is 19.1 Å². The van der Waals surface area contributed by atoms with Crippen LogP contribution in [0.1, 0.15) is 17.0 Å². The zero-order valence-corrected chi connectivity index (χ0v) is 23.1. The van der Waals surface area contributed by atoms with Crippen LogP contribution >= 0.6 is 0 Å². The fourth-order valence-corrected chi connectivity index (χ4v) is 5.32. The quantitative estimate of drug-likeness (QED) is 0.229. The Hall–Kier alpha value is -3.65. The number of benzene rings is 3. The molecule has 0 saturated carbocycles. The maximum absolute atomic E-state index is 11.2. The highest BCUT2D eigenvalue weighted by atomic mass is 16.5. The lowest BCUT2D eigenvalue weighted by Gasteiger charge is -2.25. The summed E-state index contributed by atoms with van der Waals surface area (Å²) in [6, 6.07) is 27.1. The Bertz CT molecular complexity index is 1450. The van der Waals surface area contributed by atoms with Gasteiger partial charge in [0, 0.05) is 54.2 Å². The van der Waals surface area contributed by atoms with Crippen LogP contribution in [0, 0.1) is 13.8 Å². The lowest BCUT2D eigenvalue weighted by atomic mass is 10.2. The molecule has 0 aliphatic rings. The van der Waals surface area contributed by atoms with E-state index < -0.39 is 6.10 Å². The molecule has 2 heterocycles. The van der Waals surface area contributed by atoms with E-state index >= 15 is 0 Å². The van der Waals surface area contributed by atoms with Gasteiger partial charge in [-0.2, -0.15) is 5.10 Å². The van der Waals surface area contributed by atoms with E-state index in [2.05, 4.69) is 88.2 Å². The van der Waals surface area contributed by atoms with Crippen molar-refractivity contribution in [1.82, 2.24) is 19.2 Å². The zero-order chi connectivity index (χ0) is 27.2. The highest BCUT2D eigenvalue weighted by Crippen LogP contribution is 2.29. The highest BCUT2D eigenvalue weighted by molar-refractivity contribution is 6.07. The predicted octanol–water partition coefficient (Wildman–Crippen LogP) is 5.20. The molecule has 0 saturated heterocycles. The second-order valence-corrected chi connectivity index (χ2v) is 10.2. The van der Waals surface area contributed by atoms with Crippen LogP contribution in [0.4, 0.5) is 0 Å². The van der Waals surface area contributed by atoms with Crippen LogP contribution in [0.5, 0.6) is 5.75 Å². The summed E-state index contributed by atoms with van der Waals surface area (Å²) in [7, 11) is 1.71. The molecule has 0 fully saturated rings. The average molecular weight is 527 g/mol. The van der Waals surface area contributed by atoms with Crippen molar-refractivity contribution in [2.75, 3.05) is 33.4 Å². The first-order chi connectivity index (χ1) is 19.0. The fourth-order valence-electron chi connectivity index (χ4n) is 5.32. The number of aryl methyl sites for hydroxylation is 2. The van der Waals surface area contributed by atoms with Crippen LogP contribution in [-0.2, 0) is 24.4 Å². The van der Waals surface area contributed by atoms with Gasteiger partial charge in [0.1, 0.15) is 12.4 Å². The topological polar surface area (TPSA) is 64.7 Å². The zero-order valence-electron chi connectivity index (χ0n) is 23.1. The molecule has 0 amide bonds.